The first-order chi connectivity index (χ1) is 11.3. The highest BCUT2D eigenvalue weighted by Gasteiger charge is 2.34. The number of rotatable bonds is 2. The number of aromatic nitrogens is 3. The van der Waals surface area contributed by atoms with Crippen molar-refractivity contribution in [3.8, 4) is 11.4 Å². The zero-order valence-electron chi connectivity index (χ0n) is 11.6. The highest BCUT2D eigenvalue weighted by Crippen LogP contribution is 2.35. The van der Waals surface area contributed by atoms with Crippen LogP contribution in [0.4, 0.5) is 18.9 Å². The molecule has 0 N–H and O–H groups in total. The molecule has 0 aliphatic carbocycles. The van der Waals surface area contributed by atoms with Gasteiger partial charge in [0.1, 0.15) is 5.69 Å². The molecular weight excluding hydrogens is 349 g/mol. The molecule has 0 bridgehead atoms. The van der Waals surface area contributed by atoms with Crippen LogP contribution in [0.25, 0.3) is 22.4 Å². The van der Waals surface area contributed by atoms with Gasteiger partial charge >= 0.3 is 11.9 Å². The Morgan fingerprint density at radius 3 is 2.58 bits per heavy atom. The number of hydrogen-bond donors (Lipinski definition) is 0. The maximum absolute atomic E-state index is 13.1. The summed E-state index contributed by atoms with van der Waals surface area (Å²) in [6.45, 7) is 0. The number of nitrogens with zero attached hydrogens (tertiary/aromatic N) is 4. The van der Waals surface area contributed by atoms with E-state index in [0.29, 0.717) is 0 Å². The second-order valence-corrected chi connectivity index (χ2v) is 5.05. The van der Waals surface area contributed by atoms with Crippen molar-refractivity contribution in [1.82, 2.24) is 15.0 Å². The van der Waals surface area contributed by atoms with Gasteiger partial charge in [0.15, 0.2) is 5.65 Å². The molecule has 3 aromatic rings. The molecule has 0 aliphatic heterocycles. The van der Waals surface area contributed by atoms with E-state index in [-0.39, 0.29) is 22.4 Å². The van der Waals surface area contributed by atoms with Crippen molar-refractivity contribution in [2.24, 2.45) is 0 Å². The summed E-state index contributed by atoms with van der Waals surface area (Å²) >= 11 is 5.71. The minimum Gasteiger partial charge on any atom is -0.258 e. The molecule has 0 unspecified atom stereocenters. The summed E-state index contributed by atoms with van der Waals surface area (Å²) in [5, 5.41) is 10.7. The summed E-state index contributed by atoms with van der Waals surface area (Å²) in [7, 11) is 0. The predicted octanol–water partition coefficient (Wildman–Crippen LogP) is 4.27. The van der Waals surface area contributed by atoms with Crippen molar-refractivity contribution >= 4 is 28.3 Å². The van der Waals surface area contributed by atoms with Gasteiger partial charge in [-0.2, -0.15) is 13.2 Å². The minimum absolute atomic E-state index is 0.0122. The predicted molar refractivity (Wildman–Crippen MR) is 79.4 cm³/mol. The quantitative estimate of drug-likeness (QED) is 0.390. The first-order valence-electron chi connectivity index (χ1n) is 6.41. The van der Waals surface area contributed by atoms with Gasteiger partial charge in [0.25, 0.3) is 0 Å². The van der Waals surface area contributed by atoms with Gasteiger partial charge in [0, 0.05) is 17.6 Å². The van der Waals surface area contributed by atoms with Gasteiger partial charge in [-0.25, -0.2) is 9.97 Å². The molecule has 0 fully saturated rings. The Morgan fingerprint density at radius 2 is 1.92 bits per heavy atom. The lowest BCUT2D eigenvalue weighted by Crippen LogP contribution is -2.08. The van der Waals surface area contributed by atoms with E-state index >= 15 is 0 Å². The number of hydrogen-bond acceptors (Lipinski definition) is 5. The molecule has 6 nitrogen and oxygen atoms in total. The Balaban J connectivity index is 2.20. The van der Waals surface area contributed by atoms with E-state index in [0.717, 1.165) is 12.1 Å². The van der Waals surface area contributed by atoms with Crippen molar-refractivity contribution in [3.63, 3.8) is 0 Å². The van der Waals surface area contributed by atoms with E-state index < -0.39 is 27.5 Å². The van der Waals surface area contributed by atoms with Crippen LogP contribution in [0.5, 0.6) is 0 Å². The van der Waals surface area contributed by atoms with E-state index in [9.17, 15) is 23.3 Å². The summed E-state index contributed by atoms with van der Waals surface area (Å²) in [4.78, 5) is 21.6. The van der Waals surface area contributed by atoms with E-state index in [1.54, 1.807) is 0 Å². The first kappa shape index (κ1) is 16.1. The van der Waals surface area contributed by atoms with E-state index in [2.05, 4.69) is 15.0 Å². The van der Waals surface area contributed by atoms with Crippen molar-refractivity contribution < 1.29 is 18.1 Å². The number of alkyl halides is 3. The lowest BCUT2D eigenvalue weighted by atomic mass is 10.1. The molecule has 0 saturated heterocycles. The maximum atomic E-state index is 13.1. The van der Waals surface area contributed by atoms with Crippen molar-refractivity contribution in [1.29, 1.82) is 0 Å². The topological polar surface area (TPSA) is 81.8 Å². The van der Waals surface area contributed by atoms with Crippen LogP contribution in [-0.2, 0) is 6.18 Å². The molecule has 0 atom stereocenters. The molecule has 3 aromatic heterocycles. The normalized spacial score (nSPS) is 11.7. The molecule has 122 valence electrons. The monoisotopic (exact) mass is 354 g/mol. The summed E-state index contributed by atoms with van der Waals surface area (Å²) in [6, 6.07) is 5.89. The molecule has 0 aromatic carbocycles. The largest absolute Gasteiger partial charge is 0.418 e. The fraction of sp³-hybridized carbons (Fsp3) is 0.0714. The number of fused-ring (bicyclic) bond motifs is 1. The number of pyridine rings is 3. The van der Waals surface area contributed by atoms with Crippen LogP contribution in [0.3, 0.4) is 0 Å². The average Bonchev–Trinajstić information content (AvgIpc) is 2.52. The maximum Gasteiger partial charge on any atom is 0.418 e. The lowest BCUT2D eigenvalue weighted by molar-refractivity contribution is -0.384. The fourth-order valence-corrected chi connectivity index (χ4v) is 2.32. The summed E-state index contributed by atoms with van der Waals surface area (Å²) in [5.74, 6) is 0. The fourth-order valence-electron chi connectivity index (χ4n) is 2.12. The molecule has 0 radical (unpaired) electrons. The molecule has 3 heterocycles. The Kier molecular flexibility index (Phi) is 3.80. The molecule has 0 aliphatic rings. The Bertz CT molecular complexity index is 962. The van der Waals surface area contributed by atoms with Gasteiger partial charge in [-0.3, -0.25) is 15.1 Å². The third-order valence-corrected chi connectivity index (χ3v) is 3.44. The zero-order chi connectivity index (χ0) is 17.5. The van der Waals surface area contributed by atoms with Crippen LogP contribution in [0, 0.1) is 10.1 Å². The van der Waals surface area contributed by atoms with Crippen LogP contribution in [-0.4, -0.2) is 19.9 Å². The molecule has 3 rings (SSSR count). The summed E-state index contributed by atoms with van der Waals surface area (Å²) < 4.78 is 39.2. The Labute approximate surface area is 137 Å². The van der Waals surface area contributed by atoms with Gasteiger partial charge in [0.2, 0.25) is 5.15 Å². The van der Waals surface area contributed by atoms with Gasteiger partial charge in [-0.05, 0) is 24.3 Å². The third kappa shape index (κ3) is 2.85. The Hall–Kier alpha value is -2.81. The van der Waals surface area contributed by atoms with Crippen LogP contribution in [0.1, 0.15) is 5.56 Å². The van der Waals surface area contributed by atoms with Gasteiger partial charge in [0.05, 0.1) is 16.2 Å². The van der Waals surface area contributed by atoms with E-state index in [1.807, 2.05) is 0 Å². The molecular formula is C14H6ClF3N4O2. The van der Waals surface area contributed by atoms with Gasteiger partial charge in [-0.1, -0.05) is 11.6 Å². The van der Waals surface area contributed by atoms with Crippen molar-refractivity contribution in [2.45, 2.75) is 6.18 Å². The van der Waals surface area contributed by atoms with E-state index in [1.165, 1.54) is 24.4 Å². The molecule has 0 saturated carbocycles. The number of nitro groups is 1. The van der Waals surface area contributed by atoms with Crippen LogP contribution in [0.15, 0.2) is 36.5 Å². The standard InChI is InChI=1S/C14H6ClF3N4O2/c15-12-10(22(23)24)6-7-3-4-9(20-13(7)21-12)11-8(14(16,17)18)2-1-5-19-11/h1-6H. The van der Waals surface area contributed by atoms with E-state index in [4.69, 9.17) is 11.6 Å². The third-order valence-electron chi connectivity index (χ3n) is 3.17. The highest BCUT2D eigenvalue weighted by atomic mass is 35.5. The van der Waals surface area contributed by atoms with Gasteiger partial charge < -0.3 is 0 Å². The molecule has 24 heavy (non-hydrogen) atoms. The van der Waals surface area contributed by atoms with Crippen LogP contribution in [0.2, 0.25) is 5.15 Å². The second kappa shape index (κ2) is 5.68. The molecule has 0 amide bonds. The van der Waals surface area contributed by atoms with Crippen LogP contribution >= 0.6 is 11.6 Å². The van der Waals surface area contributed by atoms with Crippen molar-refractivity contribution in [3.05, 3.63) is 57.4 Å². The van der Waals surface area contributed by atoms with Crippen LogP contribution < -0.4 is 0 Å². The number of halogens is 4. The smallest absolute Gasteiger partial charge is 0.258 e. The van der Waals surface area contributed by atoms with Gasteiger partial charge in [-0.15, -0.1) is 0 Å². The minimum atomic E-state index is -4.60. The molecule has 0 spiro atoms. The second-order valence-electron chi connectivity index (χ2n) is 4.70. The molecule has 10 heteroatoms. The van der Waals surface area contributed by atoms with Crippen molar-refractivity contribution in [2.75, 3.05) is 0 Å². The SMILES string of the molecule is O=[N+]([O-])c1cc2ccc(-c3ncccc3C(F)(F)F)nc2nc1Cl. The summed E-state index contributed by atoms with van der Waals surface area (Å²) in [6.07, 6.45) is -3.38. The zero-order valence-corrected chi connectivity index (χ0v) is 12.3. The highest BCUT2D eigenvalue weighted by molar-refractivity contribution is 6.31. The lowest BCUT2D eigenvalue weighted by Gasteiger charge is -2.11. The summed E-state index contributed by atoms with van der Waals surface area (Å²) in [5.41, 5.74) is -1.78. The first-order valence-corrected chi connectivity index (χ1v) is 6.79. The Morgan fingerprint density at radius 1 is 1.17 bits per heavy atom. The average molecular weight is 355 g/mol.